The summed E-state index contributed by atoms with van der Waals surface area (Å²) in [5.74, 6) is -0.124. The normalized spacial score (nSPS) is 14.8. The van der Waals surface area contributed by atoms with E-state index in [0.29, 0.717) is 12.2 Å². The number of likely N-dealkylation sites (N-methyl/N-ethyl adjacent to an activating group) is 1. The van der Waals surface area contributed by atoms with E-state index in [9.17, 15) is 4.79 Å². The van der Waals surface area contributed by atoms with Crippen molar-refractivity contribution in [2.45, 2.75) is 23.2 Å². The summed E-state index contributed by atoms with van der Waals surface area (Å²) in [6.45, 7) is 1.68. The van der Waals surface area contributed by atoms with E-state index in [2.05, 4.69) is 14.7 Å². The average Bonchev–Trinajstić information content (AvgIpc) is 2.70. The van der Waals surface area contributed by atoms with Crippen LogP contribution in [0.15, 0.2) is 10.7 Å². The number of carboxylic acids is 1. The standard InChI is InChI=1S/C8H13N3O2S2/c1-8(9-2,6(12)13)3-4-14-7-10-5-11-15-7/h5,9H,3-4H2,1-2H3,(H,12,13). The van der Waals surface area contributed by atoms with Crippen LogP contribution in [0.3, 0.4) is 0 Å². The molecule has 0 saturated carbocycles. The van der Waals surface area contributed by atoms with Crippen molar-refractivity contribution < 1.29 is 9.90 Å². The first-order valence-electron chi connectivity index (χ1n) is 4.40. The zero-order valence-corrected chi connectivity index (χ0v) is 10.2. The van der Waals surface area contributed by atoms with Crippen molar-refractivity contribution in [3.05, 3.63) is 6.33 Å². The van der Waals surface area contributed by atoms with Crippen molar-refractivity contribution in [1.29, 1.82) is 0 Å². The third-order valence-corrected chi connectivity index (χ3v) is 3.99. The highest BCUT2D eigenvalue weighted by Gasteiger charge is 2.30. The lowest BCUT2D eigenvalue weighted by molar-refractivity contribution is -0.144. The summed E-state index contributed by atoms with van der Waals surface area (Å²) in [5.41, 5.74) is -0.863. The Hall–Kier alpha value is -0.660. The molecule has 1 rings (SSSR count). The van der Waals surface area contributed by atoms with Crippen molar-refractivity contribution in [1.82, 2.24) is 14.7 Å². The summed E-state index contributed by atoms with van der Waals surface area (Å²) in [4.78, 5) is 15.0. The van der Waals surface area contributed by atoms with Gasteiger partial charge < -0.3 is 10.4 Å². The number of carboxylic acid groups (broad SMARTS) is 1. The molecule has 0 radical (unpaired) electrons. The SMILES string of the molecule is CNC(C)(CCSc1ncns1)C(=O)O. The van der Waals surface area contributed by atoms with Gasteiger partial charge in [-0.15, -0.1) is 0 Å². The summed E-state index contributed by atoms with van der Waals surface area (Å²) in [7, 11) is 1.66. The minimum atomic E-state index is -0.863. The van der Waals surface area contributed by atoms with Crippen molar-refractivity contribution >= 4 is 29.3 Å². The van der Waals surface area contributed by atoms with Gasteiger partial charge in [0.2, 0.25) is 0 Å². The number of hydrogen-bond acceptors (Lipinski definition) is 6. The number of nitrogens with one attached hydrogen (secondary N) is 1. The lowest BCUT2D eigenvalue weighted by atomic mass is 10.00. The van der Waals surface area contributed by atoms with Crippen LogP contribution in [0, 0.1) is 0 Å². The van der Waals surface area contributed by atoms with Gasteiger partial charge in [-0.1, -0.05) is 11.8 Å². The fourth-order valence-corrected chi connectivity index (χ4v) is 2.58. The number of thioether (sulfide) groups is 1. The monoisotopic (exact) mass is 247 g/mol. The number of rotatable bonds is 6. The molecule has 1 unspecified atom stereocenters. The van der Waals surface area contributed by atoms with E-state index < -0.39 is 11.5 Å². The van der Waals surface area contributed by atoms with Gasteiger partial charge in [0.1, 0.15) is 11.9 Å². The highest BCUT2D eigenvalue weighted by atomic mass is 32.2. The lowest BCUT2D eigenvalue weighted by Crippen LogP contribution is -2.47. The molecule has 0 spiro atoms. The molecule has 0 aliphatic carbocycles. The average molecular weight is 247 g/mol. The van der Waals surface area contributed by atoms with E-state index in [4.69, 9.17) is 5.11 Å². The minimum Gasteiger partial charge on any atom is -0.480 e. The maximum Gasteiger partial charge on any atom is 0.323 e. The predicted octanol–water partition coefficient (Wildman–Crippen LogP) is 1.08. The van der Waals surface area contributed by atoms with Crippen LogP contribution in [-0.4, -0.2) is 38.8 Å². The van der Waals surface area contributed by atoms with Crippen molar-refractivity contribution in [2.75, 3.05) is 12.8 Å². The minimum absolute atomic E-state index is 0.545. The maximum absolute atomic E-state index is 10.9. The Morgan fingerprint density at radius 2 is 2.53 bits per heavy atom. The van der Waals surface area contributed by atoms with E-state index in [1.54, 1.807) is 14.0 Å². The van der Waals surface area contributed by atoms with Crippen LogP contribution in [0.4, 0.5) is 0 Å². The van der Waals surface area contributed by atoms with E-state index in [1.165, 1.54) is 29.6 Å². The molecule has 1 aromatic rings. The van der Waals surface area contributed by atoms with Gasteiger partial charge in [-0.3, -0.25) is 4.79 Å². The first-order chi connectivity index (χ1) is 7.08. The molecule has 84 valence electrons. The molecule has 0 amide bonds. The molecule has 0 aliphatic rings. The lowest BCUT2D eigenvalue weighted by Gasteiger charge is -2.23. The van der Waals surface area contributed by atoms with Crippen molar-refractivity contribution in [3.8, 4) is 0 Å². The molecule has 1 atom stereocenters. The second-order valence-corrected chi connectivity index (χ2v) is 5.32. The Kier molecular flexibility index (Phi) is 4.49. The number of hydrogen-bond donors (Lipinski definition) is 2. The Labute approximate surface area is 96.5 Å². The molecular weight excluding hydrogens is 234 g/mol. The Bertz CT molecular complexity index is 318. The predicted molar refractivity (Wildman–Crippen MR) is 60.4 cm³/mol. The van der Waals surface area contributed by atoms with Crippen LogP contribution < -0.4 is 5.32 Å². The van der Waals surface area contributed by atoms with Crippen molar-refractivity contribution in [3.63, 3.8) is 0 Å². The highest BCUT2D eigenvalue weighted by Crippen LogP contribution is 2.22. The van der Waals surface area contributed by atoms with E-state index in [-0.39, 0.29) is 0 Å². The van der Waals surface area contributed by atoms with Gasteiger partial charge in [0.05, 0.1) is 0 Å². The van der Waals surface area contributed by atoms with Gasteiger partial charge in [0.25, 0.3) is 0 Å². The summed E-state index contributed by atoms with van der Waals surface area (Å²) in [5, 5.41) is 11.8. The molecule has 1 heterocycles. The van der Waals surface area contributed by atoms with Gasteiger partial charge in [-0.05, 0) is 31.9 Å². The molecule has 2 N–H and O–H groups in total. The number of carbonyl (C=O) groups is 1. The van der Waals surface area contributed by atoms with Crippen molar-refractivity contribution in [2.24, 2.45) is 0 Å². The zero-order chi connectivity index (χ0) is 11.3. The third-order valence-electron chi connectivity index (χ3n) is 2.19. The summed E-state index contributed by atoms with van der Waals surface area (Å²) in [6.07, 6.45) is 2.05. The highest BCUT2D eigenvalue weighted by molar-refractivity contribution is 8.00. The summed E-state index contributed by atoms with van der Waals surface area (Å²) < 4.78 is 4.74. The first-order valence-corrected chi connectivity index (χ1v) is 6.16. The van der Waals surface area contributed by atoms with Crippen LogP contribution >= 0.6 is 23.3 Å². The Morgan fingerprint density at radius 1 is 1.80 bits per heavy atom. The molecule has 0 aliphatic heterocycles. The quantitative estimate of drug-likeness (QED) is 0.733. The molecule has 0 aromatic carbocycles. The molecule has 0 fully saturated rings. The van der Waals surface area contributed by atoms with Gasteiger partial charge in [-0.25, -0.2) is 4.98 Å². The molecule has 5 nitrogen and oxygen atoms in total. The number of aromatic nitrogens is 2. The largest absolute Gasteiger partial charge is 0.480 e. The smallest absolute Gasteiger partial charge is 0.323 e. The fraction of sp³-hybridized carbons (Fsp3) is 0.625. The maximum atomic E-state index is 10.9. The van der Waals surface area contributed by atoms with Crippen LogP contribution in [0.2, 0.25) is 0 Å². The molecule has 1 aromatic heterocycles. The molecule has 15 heavy (non-hydrogen) atoms. The topological polar surface area (TPSA) is 75.1 Å². The zero-order valence-electron chi connectivity index (χ0n) is 8.56. The molecule has 7 heteroatoms. The first kappa shape index (κ1) is 12.4. The Morgan fingerprint density at radius 3 is 3.00 bits per heavy atom. The fourth-order valence-electron chi connectivity index (χ4n) is 0.908. The second-order valence-electron chi connectivity index (χ2n) is 3.19. The van der Waals surface area contributed by atoms with E-state index >= 15 is 0 Å². The van der Waals surface area contributed by atoms with Crippen LogP contribution in [-0.2, 0) is 4.79 Å². The molecule has 0 saturated heterocycles. The van der Waals surface area contributed by atoms with E-state index in [1.807, 2.05) is 0 Å². The second kappa shape index (κ2) is 5.43. The third kappa shape index (κ3) is 3.44. The number of nitrogens with zero attached hydrogens (tertiary/aromatic N) is 2. The van der Waals surface area contributed by atoms with Gasteiger partial charge in [0, 0.05) is 5.75 Å². The van der Waals surface area contributed by atoms with Gasteiger partial charge >= 0.3 is 5.97 Å². The van der Waals surface area contributed by atoms with Crippen LogP contribution in [0.1, 0.15) is 13.3 Å². The van der Waals surface area contributed by atoms with Crippen LogP contribution in [0.25, 0.3) is 0 Å². The Balaban J connectivity index is 2.38. The molecular formula is C8H13N3O2S2. The number of aliphatic carboxylic acids is 1. The summed E-state index contributed by atoms with van der Waals surface area (Å²) >= 11 is 2.85. The van der Waals surface area contributed by atoms with Crippen LogP contribution in [0.5, 0.6) is 0 Å². The summed E-state index contributed by atoms with van der Waals surface area (Å²) in [6, 6.07) is 0. The van der Waals surface area contributed by atoms with E-state index in [0.717, 1.165) is 4.34 Å². The van der Waals surface area contributed by atoms with Gasteiger partial charge in [-0.2, -0.15) is 4.37 Å². The molecule has 0 bridgehead atoms. The van der Waals surface area contributed by atoms with Gasteiger partial charge in [0.15, 0.2) is 4.34 Å².